The highest BCUT2D eigenvalue weighted by atomic mass is 16.5. The minimum absolute atomic E-state index is 0.0374. The van der Waals surface area contributed by atoms with Crippen molar-refractivity contribution in [2.24, 2.45) is 0 Å². The van der Waals surface area contributed by atoms with Crippen LogP contribution in [-0.4, -0.2) is 30.3 Å². The van der Waals surface area contributed by atoms with Gasteiger partial charge in [-0.2, -0.15) is 0 Å². The topological polar surface area (TPSA) is 70.6 Å². The Morgan fingerprint density at radius 1 is 1.11 bits per heavy atom. The van der Waals surface area contributed by atoms with Crippen LogP contribution in [0.25, 0.3) is 10.8 Å². The first-order chi connectivity index (χ1) is 13.6. The maximum atomic E-state index is 11.5. The highest BCUT2D eigenvalue weighted by Crippen LogP contribution is 2.30. The van der Waals surface area contributed by atoms with Crippen LogP contribution in [0.3, 0.4) is 0 Å². The second-order valence-electron chi connectivity index (χ2n) is 7.26. The standard InChI is InChI=1S/C23H24N2O3/c1-15(18-8-9-22-21(12-18)25-23(27)14-28-22)24-13-20(26)11-16-6-7-17-4-2-3-5-19(17)10-16/h2-10,12,15,20,24,26H,11,13-14H2,1H3,(H,25,27)/t15-,20-/m1/s1. The number of carbonyl (C=O) groups excluding carboxylic acids is 1. The van der Waals surface area contributed by atoms with Crippen LogP contribution in [-0.2, 0) is 11.2 Å². The molecule has 5 heteroatoms. The molecule has 0 fully saturated rings. The van der Waals surface area contributed by atoms with Crippen molar-refractivity contribution in [1.29, 1.82) is 0 Å². The van der Waals surface area contributed by atoms with Crippen molar-refractivity contribution in [1.82, 2.24) is 5.32 Å². The summed E-state index contributed by atoms with van der Waals surface area (Å²) in [6, 6.07) is 20.3. The Balaban J connectivity index is 1.35. The minimum atomic E-state index is -0.482. The molecule has 0 saturated carbocycles. The Labute approximate surface area is 164 Å². The molecule has 0 saturated heterocycles. The zero-order chi connectivity index (χ0) is 19.5. The summed E-state index contributed by atoms with van der Waals surface area (Å²) in [7, 11) is 0. The predicted octanol–water partition coefficient (Wildman–Crippen LogP) is 3.42. The SMILES string of the molecule is C[C@@H](NC[C@H](O)Cc1ccc2ccccc2c1)c1ccc2c(c1)NC(=O)CO2. The number of amides is 1. The van der Waals surface area contributed by atoms with Gasteiger partial charge < -0.3 is 20.5 Å². The molecule has 1 aliphatic rings. The summed E-state index contributed by atoms with van der Waals surface area (Å²) in [6.45, 7) is 2.57. The monoisotopic (exact) mass is 376 g/mol. The van der Waals surface area contributed by atoms with Crippen LogP contribution in [0.1, 0.15) is 24.1 Å². The highest BCUT2D eigenvalue weighted by Gasteiger charge is 2.18. The Bertz CT molecular complexity index is 1000. The molecule has 0 bridgehead atoms. The molecule has 0 unspecified atom stereocenters. The Kier molecular flexibility index (Phi) is 5.28. The zero-order valence-corrected chi connectivity index (χ0v) is 15.8. The van der Waals surface area contributed by atoms with Crippen LogP contribution < -0.4 is 15.4 Å². The lowest BCUT2D eigenvalue weighted by Gasteiger charge is -2.22. The van der Waals surface area contributed by atoms with Gasteiger partial charge in [0.1, 0.15) is 5.75 Å². The maximum Gasteiger partial charge on any atom is 0.262 e. The molecule has 0 aliphatic carbocycles. The van der Waals surface area contributed by atoms with Gasteiger partial charge in [0.05, 0.1) is 11.8 Å². The third-order valence-corrected chi connectivity index (χ3v) is 5.08. The van der Waals surface area contributed by atoms with Crippen molar-refractivity contribution in [3.63, 3.8) is 0 Å². The third kappa shape index (κ3) is 4.16. The summed E-state index contributed by atoms with van der Waals surface area (Å²) in [5, 5.41) is 19.0. The number of aliphatic hydroxyl groups excluding tert-OH is 1. The number of nitrogens with one attached hydrogen (secondary N) is 2. The van der Waals surface area contributed by atoms with E-state index in [0.717, 1.165) is 11.1 Å². The van der Waals surface area contributed by atoms with Crippen LogP contribution >= 0.6 is 0 Å². The lowest BCUT2D eigenvalue weighted by atomic mass is 10.0. The molecule has 3 N–H and O–H groups in total. The van der Waals surface area contributed by atoms with E-state index in [9.17, 15) is 9.90 Å². The van der Waals surface area contributed by atoms with Gasteiger partial charge in [0.2, 0.25) is 0 Å². The molecule has 0 aromatic heterocycles. The second kappa shape index (κ2) is 8.00. The van der Waals surface area contributed by atoms with E-state index in [1.165, 1.54) is 10.8 Å². The fraction of sp³-hybridized carbons (Fsp3) is 0.261. The lowest BCUT2D eigenvalue weighted by Crippen LogP contribution is -2.30. The summed E-state index contributed by atoms with van der Waals surface area (Å²) in [4.78, 5) is 11.5. The van der Waals surface area contributed by atoms with E-state index < -0.39 is 6.10 Å². The lowest BCUT2D eigenvalue weighted by molar-refractivity contribution is -0.118. The van der Waals surface area contributed by atoms with Crippen molar-refractivity contribution in [3.05, 3.63) is 71.8 Å². The molecule has 1 heterocycles. The van der Waals surface area contributed by atoms with E-state index in [-0.39, 0.29) is 18.6 Å². The number of aliphatic hydroxyl groups is 1. The van der Waals surface area contributed by atoms with E-state index >= 15 is 0 Å². The second-order valence-corrected chi connectivity index (χ2v) is 7.26. The van der Waals surface area contributed by atoms with E-state index in [1.807, 2.05) is 37.3 Å². The minimum Gasteiger partial charge on any atom is -0.482 e. The van der Waals surface area contributed by atoms with Crippen LogP contribution in [0.15, 0.2) is 60.7 Å². The number of fused-ring (bicyclic) bond motifs is 2. The molecule has 1 amide bonds. The Morgan fingerprint density at radius 3 is 2.79 bits per heavy atom. The Morgan fingerprint density at radius 2 is 1.93 bits per heavy atom. The summed E-state index contributed by atoms with van der Waals surface area (Å²) in [6.07, 6.45) is 0.114. The number of hydrogen-bond donors (Lipinski definition) is 3. The molecular formula is C23H24N2O3. The molecule has 28 heavy (non-hydrogen) atoms. The van der Waals surface area contributed by atoms with E-state index in [4.69, 9.17) is 4.74 Å². The number of hydrogen-bond acceptors (Lipinski definition) is 4. The number of carbonyl (C=O) groups is 1. The quantitative estimate of drug-likeness (QED) is 0.616. The molecule has 2 atom stereocenters. The first-order valence-electron chi connectivity index (χ1n) is 9.54. The van der Waals surface area contributed by atoms with Crippen LogP contribution in [0.4, 0.5) is 5.69 Å². The van der Waals surface area contributed by atoms with Crippen molar-refractivity contribution in [3.8, 4) is 5.75 Å². The average molecular weight is 376 g/mol. The fourth-order valence-electron chi connectivity index (χ4n) is 3.51. The molecule has 3 aromatic carbocycles. The molecule has 3 aromatic rings. The van der Waals surface area contributed by atoms with Crippen molar-refractivity contribution in [2.75, 3.05) is 18.5 Å². The van der Waals surface area contributed by atoms with Gasteiger partial charge in [-0.25, -0.2) is 0 Å². The maximum absolute atomic E-state index is 11.5. The van der Waals surface area contributed by atoms with E-state index in [0.29, 0.717) is 24.4 Å². The number of anilines is 1. The van der Waals surface area contributed by atoms with E-state index in [2.05, 4.69) is 41.0 Å². The normalized spacial score (nSPS) is 15.4. The number of ether oxygens (including phenoxy) is 1. The van der Waals surface area contributed by atoms with Gasteiger partial charge in [0, 0.05) is 12.6 Å². The molecule has 1 aliphatic heterocycles. The Hall–Kier alpha value is -2.89. The van der Waals surface area contributed by atoms with Crippen molar-refractivity contribution >= 4 is 22.4 Å². The first-order valence-corrected chi connectivity index (χ1v) is 9.54. The zero-order valence-electron chi connectivity index (χ0n) is 15.8. The summed E-state index contributed by atoms with van der Waals surface area (Å²) < 4.78 is 5.39. The molecule has 144 valence electrons. The number of benzene rings is 3. The smallest absolute Gasteiger partial charge is 0.262 e. The van der Waals surface area contributed by atoms with Gasteiger partial charge in [-0.15, -0.1) is 0 Å². The number of rotatable bonds is 6. The van der Waals surface area contributed by atoms with Crippen LogP contribution in [0.2, 0.25) is 0 Å². The average Bonchev–Trinajstić information content (AvgIpc) is 2.71. The van der Waals surface area contributed by atoms with E-state index in [1.54, 1.807) is 0 Å². The largest absolute Gasteiger partial charge is 0.482 e. The fourth-order valence-corrected chi connectivity index (χ4v) is 3.51. The summed E-state index contributed by atoms with van der Waals surface area (Å²) in [5.41, 5.74) is 2.84. The molecular weight excluding hydrogens is 352 g/mol. The van der Waals surface area contributed by atoms with Gasteiger partial charge >= 0.3 is 0 Å². The summed E-state index contributed by atoms with van der Waals surface area (Å²) >= 11 is 0. The van der Waals surface area contributed by atoms with Gasteiger partial charge in [-0.1, -0.05) is 48.5 Å². The van der Waals surface area contributed by atoms with Gasteiger partial charge in [0.25, 0.3) is 5.91 Å². The third-order valence-electron chi connectivity index (χ3n) is 5.08. The van der Waals surface area contributed by atoms with Crippen LogP contribution in [0.5, 0.6) is 5.75 Å². The van der Waals surface area contributed by atoms with Gasteiger partial charge in [-0.05, 0) is 47.4 Å². The van der Waals surface area contributed by atoms with Crippen molar-refractivity contribution < 1.29 is 14.6 Å². The molecule has 0 radical (unpaired) electrons. The first kappa shape index (κ1) is 18.5. The van der Waals surface area contributed by atoms with Gasteiger partial charge in [-0.3, -0.25) is 4.79 Å². The van der Waals surface area contributed by atoms with Gasteiger partial charge in [0.15, 0.2) is 6.61 Å². The highest BCUT2D eigenvalue weighted by molar-refractivity contribution is 5.95. The molecule has 5 nitrogen and oxygen atoms in total. The van der Waals surface area contributed by atoms with Crippen molar-refractivity contribution in [2.45, 2.75) is 25.5 Å². The summed E-state index contributed by atoms with van der Waals surface area (Å²) in [5.74, 6) is 0.544. The van der Waals surface area contributed by atoms with Crippen LogP contribution in [0, 0.1) is 0 Å². The predicted molar refractivity (Wildman–Crippen MR) is 111 cm³/mol. The molecule has 0 spiro atoms. The molecule has 4 rings (SSSR count).